The zero-order valence-electron chi connectivity index (χ0n) is 11.6. The van der Waals surface area contributed by atoms with Gasteiger partial charge in [-0.1, -0.05) is 13.8 Å². The lowest BCUT2D eigenvalue weighted by molar-refractivity contribution is -0.117. The fraction of sp³-hybridized carbons (Fsp3) is 0.667. The monoisotopic (exact) mass is 269 g/mol. The van der Waals surface area contributed by atoms with Gasteiger partial charge in [0.25, 0.3) is 0 Å². The molecule has 0 saturated carbocycles. The van der Waals surface area contributed by atoms with Crippen molar-refractivity contribution in [2.45, 2.75) is 51.4 Å². The normalized spacial score (nSPS) is 12.7. The number of imidazole rings is 1. The zero-order chi connectivity index (χ0) is 14.0. The van der Waals surface area contributed by atoms with E-state index in [4.69, 9.17) is 5.73 Å². The van der Waals surface area contributed by atoms with Crippen LogP contribution in [0.3, 0.4) is 0 Å². The molecule has 1 heterocycles. The summed E-state index contributed by atoms with van der Waals surface area (Å²) >= 11 is 0. The highest BCUT2D eigenvalue weighted by atomic mass is 28.4. The average molecular weight is 269 g/mol. The molecule has 0 saturated heterocycles. The van der Waals surface area contributed by atoms with E-state index in [-0.39, 0.29) is 17.4 Å². The van der Waals surface area contributed by atoms with Crippen molar-refractivity contribution in [3.05, 3.63) is 18.2 Å². The van der Waals surface area contributed by atoms with Crippen molar-refractivity contribution in [2.75, 3.05) is 0 Å². The number of amides is 1. The van der Waals surface area contributed by atoms with Crippen LogP contribution in [0.25, 0.3) is 0 Å². The Labute approximate surface area is 109 Å². The smallest absolute Gasteiger partial charge is 0.223 e. The molecule has 0 aromatic carbocycles. The summed E-state index contributed by atoms with van der Waals surface area (Å²) < 4.78 is 1.94. The highest BCUT2D eigenvalue weighted by Gasteiger charge is 2.37. The maximum absolute atomic E-state index is 10.8. The van der Waals surface area contributed by atoms with Gasteiger partial charge in [0.2, 0.25) is 5.91 Å². The summed E-state index contributed by atoms with van der Waals surface area (Å²) in [5.41, 5.74) is 5.81. The summed E-state index contributed by atoms with van der Waals surface area (Å²) in [7, 11) is -2.17. The molecule has 0 bridgehead atoms. The number of rotatable bonds is 6. The van der Waals surface area contributed by atoms with Gasteiger partial charge in [-0.3, -0.25) is 4.79 Å². The molecule has 6 heteroatoms. The lowest BCUT2D eigenvalue weighted by atomic mass is 10.1. The van der Waals surface area contributed by atoms with Gasteiger partial charge in [0.15, 0.2) is 8.32 Å². The van der Waals surface area contributed by atoms with Crippen LogP contribution in [0.5, 0.6) is 0 Å². The maximum Gasteiger partial charge on any atom is 0.223 e. The molecule has 1 aromatic heterocycles. The van der Waals surface area contributed by atoms with Crippen molar-refractivity contribution < 1.29 is 9.59 Å². The van der Waals surface area contributed by atoms with Crippen molar-refractivity contribution in [3.63, 3.8) is 0 Å². The van der Waals surface area contributed by atoms with Crippen LogP contribution in [-0.4, -0.2) is 28.6 Å². The number of hydrogen-bond acceptors (Lipinski definition) is 3. The van der Waals surface area contributed by atoms with E-state index >= 15 is 0 Å². The molecule has 5 nitrogen and oxygen atoms in total. The van der Waals surface area contributed by atoms with E-state index in [2.05, 4.69) is 18.8 Å². The summed E-state index contributed by atoms with van der Waals surface area (Å²) in [6.07, 6.45) is 4.61. The fourth-order valence-corrected chi connectivity index (χ4v) is 2.24. The molecule has 3 N–H and O–H groups in total. The zero-order valence-corrected chi connectivity index (χ0v) is 12.6. The quantitative estimate of drug-likeness (QED) is 0.763. The molecular formula is C12H23N3O2Si. The van der Waals surface area contributed by atoms with Crippen LogP contribution in [0.4, 0.5) is 0 Å². The lowest BCUT2D eigenvalue weighted by Crippen LogP contribution is -2.39. The standard InChI is InChI=1S/C12H23N3O2Si/c1-12(2,18(3,4)17)5-6-15-8-10(14-9-15)7-11(13)16/h8-9,17H,5-7H2,1-4H3,(H2,13,16). The Bertz CT molecular complexity index is 421. The van der Waals surface area contributed by atoms with Crippen molar-refractivity contribution in [2.24, 2.45) is 5.73 Å². The minimum absolute atomic E-state index is 0.0544. The molecule has 18 heavy (non-hydrogen) atoms. The van der Waals surface area contributed by atoms with Crippen LogP contribution in [0.1, 0.15) is 26.0 Å². The second kappa shape index (κ2) is 5.24. The number of aryl methyl sites for hydroxylation is 1. The highest BCUT2D eigenvalue weighted by molar-refractivity contribution is 6.72. The van der Waals surface area contributed by atoms with Crippen LogP contribution >= 0.6 is 0 Å². The SMILES string of the molecule is CC(C)(CCn1cnc(CC(N)=O)c1)[Si](C)(C)O. The van der Waals surface area contributed by atoms with Crippen molar-refractivity contribution in [3.8, 4) is 0 Å². The lowest BCUT2D eigenvalue weighted by Gasteiger charge is -2.35. The average Bonchev–Trinajstić information content (AvgIpc) is 2.60. The molecular weight excluding hydrogens is 246 g/mol. The molecule has 0 atom stereocenters. The summed E-state index contributed by atoms with van der Waals surface area (Å²) in [4.78, 5) is 25.1. The van der Waals surface area contributed by atoms with Gasteiger partial charge in [-0.25, -0.2) is 4.98 Å². The molecule has 1 rings (SSSR count). The van der Waals surface area contributed by atoms with Gasteiger partial charge in [0, 0.05) is 12.7 Å². The molecule has 0 fully saturated rings. The Hall–Kier alpha value is -1.14. The molecule has 0 aliphatic carbocycles. The number of nitrogens with two attached hydrogens (primary N) is 1. The van der Waals surface area contributed by atoms with Crippen LogP contribution < -0.4 is 5.73 Å². The summed E-state index contributed by atoms with van der Waals surface area (Å²) in [6, 6.07) is 0. The van der Waals surface area contributed by atoms with Gasteiger partial charge in [0.05, 0.1) is 18.4 Å². The second-order valence-electron chi connectivity index (χ2n) is 5.94. The van der Waals surface area contributed by atoms with E-state index in [1.54, 1.807) is 6.33 Å². The molecule has 0 aliphatic heterocycles. The first kappa shape index (κ1) is 14.9. The van der Waals surface area contributed by atoms with Crippen molar-refractivity contribution in [1.29, 1.82) is 0 Å². The topological polar surface area (TPSA) is 81.1 Å². The summed E-state index contributed by atoms with van der Waals surface area (Å²) in [5, 5.41) is -0.0544. The van der Waals surface area contributed by atoms with Gasteiger partial charge in [-0.2, -0.15) is 0 Å². The van der Waals surface area contributed by atoms with E-state index in [9.17, 15) is 9.59 Å². The van der Waals surface area contributed by atoms with Gasteiger partial charge < -0.3 is 15.1 Å². The van der Waals surface area contributed by atoms with Gasteiger partial charge in [-0.05, 0) is 24.6 Å². The van der Waals surface area contributed by atoms with E-state index in [0.29, 0.717) is 5.69 Å². The summed E-state index contributed by atoms with van der Waals surface area (Å²) in [5.74, 6) is -0.371. The molecule has 0 spiro atoms. The van der Waals surface area contributed by atoms with Crippen LogP contribution in [-0.2, 0) is 17.8 Å². The van der Waals surface area contributed by atoms with E-state index < -0.39 is 8.32 Å². The Kier molecular flexibility index (Phi) is 4.34. The number of carbonyl (C=O) groups excluding carboxylic acids is 1. The van der Waals surface area contributed by atoms with Gasteiger partial charge in [0.1, 0.15) is 0 Å². The summed E-state index contributed by atoms with van der Waals surface area (Å²) in [6.45, 7) is 8.90. The largest absolute Gasteiger partial charge is 0.432 e. The molecule has 102 valence electrons. The minimum Gasteiger partial charge on any atom is -0.432 e. The molecule has 0 aliphatic rings. The van der Waals surface area contributed by atoms with Gasteiger partial charge >= 0.3 is 0 Å². The second-order valence-corrected chi connectivity index (χ2v) is 10.4. The molecule has 0 radical (unpaired) electrons. The Morgan fingerprint density at radius 3 is 2.67 bits per heavy atom. The van der Waals surface area contributed by atoms with E-state index in [1.807, 2.05) is 23.9 Å². The number of carbonyl (C=O) groups is 1. The van der Waals surface area contributed by atoms with Crippen LogP contribution in [0.2, 0.25) is 18.1 Å². The van der Waals surface area contributed by atoms with Crippen molar-refractivity contribution in [1.82, 2.24) is 9.55 Å². The third kappa shape index (κ3) is 3.96. The first-order valence-electron chi connectivity index (χ1n) is 6.13. The number of aromatic nitrogens is 2. The minimum atomic E-state index is -2.17. The Morgan fingerprint density at radius 2 is 2.17 bits per heavy atom. The fourth-order valence-electron chi connectivity index (χ4n) is 1.51. The molecule has 1 amide bonds. The van der Waals surface area contributed by atoms with Crippen LogP contribution in [0, 0.1) is 0 Å². The van der Waals surface area contributed by atoms with Crippen LogP contribution in [0.15, 0.2) is 12.5 Å². The van der Waals surface area contributed by atoms with E-state index in [1.165, 1.54) is 0 Å². The third-order valence-electron chi connectivity index (χ3n) is 3.69. The van der Waals surface area contributed by atoms with Crippen molar-refractivity contribution >= 4 is 14.2 Å². The molecule has 1 aromatic rings. The number of hydrogen-bond donors (Lipinski definition) is 2. The predicted octanol–water partition coefficient (Wildman–Crippen LogP) is 1.28. The Morgan fingerprint density at radius 1 is 1.56 bits per heavy atom. The predicted molar refractivity (Wildman–Crippen MR) is 73.5 cm³/mol. The molecule has 0 unspecified atom stereocenters. The first-order valence-corrected chi connectivity index (χ1v) is 9.08. The first-order chi connectivity index (χ1) is 8.12. The maximum atomic E-state index is 10.8. The van der Waals surface area contributed by atoms with E-state index in [0.717, 1.165) is 13.0 Å². The number of primary amides is 1. The third-order valence-corrected chi connectivity index (χ3v) is 7.26. The highest BCUT2D eigenvalue weighted by Crippen LogP contribution is 2.38. The number of nitrogens with zero attached hydrogens (tertiary/aromatic N) is 2. The van der Waals surface area contributed by atoms with Gasteiger partial charge in [-0.15, -0.1) is 0 Å². The Balaban J connectivity index is 2.59.